The van der Waals surface area contributed by atoms with E-state index in [0.29, 0.717) is 27.6 Å². The highest BCUT2D eigenvalue weighted by Gasteiger charge is 2.38. The molecule has 5 heteroatoms. The van der Waals surface area contributed by atoms with Crippen LogP contribution in [-0.4, -0.2) is 8.42 Å². The molecule has 0 fully saturated rings. The molecule has 25 heavy (non-hydrogen) atoms. The number of para-hydroxylation sites is 1. The average molecular weight is 371 g/mol. The number of ether oxygens (including phenoxy) is 1. The number of sulfone groups is 1. The zero-order chi connectivity index (χ0) is 17.6. The van der Waals surface area contributed by atoms with Crippen molar-refractivity contribution >= 4 is 21.4 Å². The maximum atomic E-state index is 13.4. The van der Waals surface area contributed by atoms with Gasteiger partial charge >= 0.3 is 0 Å². The first-order chi connectivity index (χ1) is 12.0. The predicted molar refractivity (Wildman–Crippen MR) is 98.2 cm³/mol. The van der Waals surface area contributed by atoms with E-state index in [1.165, 1.54) is 0 Å². The molecule has 0 N–H and O–H groups in total. The van der Waals surface area contributed by atoms with Gasteiger partial charge in [0.15, 0.2) is 9.84 Å². The van der Waals surface area contributed by atoms with Crippen molar-refractivity contribution in [2.75, 3.05) is 0 Å². The lowest BCUT2D eigenvalue weighted by Crippen LogP contribution is -2.19. The van der Waals surface area contributed by atoms with Crippen LogP contribution in [0.15, 0.2) is 71.6 Å². The van der Waals surface area contributed by atoms with Gasteiger partial charge in [-0.25, -0.2) is 8.42 Å². The lowest BCUT2D eigenvalue weighted by Gasteiger charge is -2.28. The third kappa shape index (κ3) is 2.71. The van der Waals surface area contributed by atoms with E-state index in [4.69, 9.17) is 16.3 Å². The Kier molecular flexibility index (Phi) is 3.82. The lowest BCUT2D eigenvalue weighted by atomic mass is 10.00. The maximum absolute atomic E-state index is 13.4. The summed E-state index contributed by atoms with van der Waals surface area (Å²) < 4.78 is 32.8. The van der Waals surface area contributed by atoms with Crippen LogP contribution in [0.4, 0.5) is 0 Å². The van der Waals surface area contributed by atoms with Gasteiger partial charge in [-0.3, -0.25) is 0 Å². The summed E-state index contributed by atoms with van der Waals surface area (Å²) in [5.41, 5.74) is 2.19. The summed E-state index contributed by atoms with van der Waals surface area (Å²) in [6, 6.07) is 19.2. The minimum atomic E-state index is -3.66. The molecule has 0 aromatic heterocycles. The molecule has 0 spiro atoms. The first-order valence-corrected chi connectivity index (χ1v) is 9.76. The number of hydrogen-bond donors (Lipinski definition) is 0. The molecule has 3 nitrogen and oxygen atoms in total. The van der Waals surface area contributed by atoms with Crippen LogP contribution in [0.3, 0.4) is 0 Å². The van der Waals surface area contributed by atoms with E-state index in [9.17, 15) is 8.42 Å². The van der Waals surface area contributed by atoms with Gasteiger partial charge in [-0.15, -0.1) is 0 Å². The molecular formula is C20H15ClO3S. The summed E-state index contributed by atoms with van der Waals surface area (Å²) in [6.45, 7) is 1.93. The Labute approximate surface area is 151 Å². The van der Waals surface area contributed by atoms with Gasteiger partial charge in [-0.05, 0) is 43.3 Å². The number of aryl methyl sites for hydroxylation is 1. The highest BCUT2D eigenvalue weighted by molar-refractivity contribution is 7.92. The Balaban J connectivity index is 1.97. The first kappa shape index (κ1) is 16.2. The fraction of sp³-hybridized carbons (Fsp3) is 0.100. The molecule has 126 valence electrons. The minimum absolute atomic E-state index is 0.283. The zero-order valence-corrected chi connectivity index (χ0v) is 15.0. The van der Waals surface area contributed by atoms with Crippen LogP contribution < -0.4 is 4.74 Å². The molecule has 3 aromatic rings. The summed E-state index contributed by atoms with van der Waals surface area (Å²) in [7, 11) is -3.66. The molecule has 1 aliphatic rings. The van der Waals surface area contributed by atoms with E-state index < -0.39 is 15.1 Å². The smallest absolute Gasteiger partial charge is 0.189 e. The zero-order valence-electron chi connectivity index (χ0n) is 13.4. The van der Waals surface area contributed by atoms with Crippen LogP contribution in [-0.2, 0) is 9.84 Å². The molecule has 3 aromatic carbocycles. The van der Waals surface area contributed by atoms with Crippen LogP contribution in [0, 0.1) is 6.92 Å². The number of hydrogen-bond acceptors (Lipinski definition) is 3. The van der Waals surface area contributed by atoms with Crippen molar-refractivity contribution < 1.29 is 13.2 Å². The second-order valence-corrected chi connectivity index (χ2v) is 8.53. The third-order valence-electron chi connectivity index (χ3n) is 4.34. The van der Waals surface area contributed by atoms with Gasteiger partial charge in [0.2, 0.25) is 0 Å². The fourth-order valence-electron chi connectivity index (χ4n) is 3.09. The molecule has 1 atom stereocenters. The summed E-state index contributed by atoms with van der Waals surface area (Å²) >= 11 is 6.14. The monoisotopic (exact) mass is 370 g/mol. The average Bonchev–Trinajstić information content (AvgIpc) is 2.60. The van der Waals surface area contributed by atoms with Crippen molar-refractivity contribution in [3.8, 4) is 11.5 Å². The topological polar surface area (TPSA) is 43.4 Å². The van der Waals surface area contributed by atoms with Gasteiger partial charge < -0.3 is 4.74 Å². The second kappa shape index (κ2) is 5.90. The van der Waals surface area contributed by atoms with Crippen molar-refractivity contribution in [2.24, 2.45) is 0 Å². The maximum Gasteiger partial charge on any atom is 0.189 e. The summed E-state index contributed by atoms with van der Waals surface area (Å²) in [5, 5.41) is -0.375. The largest absolute Gasteiger partial charge is 0.457 e. The van der Waals surface area contributed by atoms with Gasteiger partial charge in [-0.2, -0.15) is 0 Å². The molecule has 0 bridgehead atoms. The molecule has 0 saturated carbocycles. The van der Waals surface area contributed by atoms with Gasteiger partial charge in [0.05, 0.1) is 4.90 Å². The second-order valence-electron chi connectivity index (χ2n) is 6.06. The minimum Gasteiger partial charge on any atom is -0.457 e. The predicted octanol–water partition coefficient (Wildman–Crippen LogP) is 5.32. The van der Waals surface area contributed by atoms with Gasteiger partial charge in [-0.1, -0.05) is 47.5 Å². The first-order valence-electron chi connectivity index (χ1n) is 7.83. The van der Waals surface area contributed by atoms with Crippen LogP contribution in [0.2, 0.25) is 5.02 Å². The molecule has 0 radical (unpaired) electrons. The molecule has 0 aliphatic carbocycles. The molecule has 4 rings (SSSR count). The Morgan fingerprint density at radius 1 is 0.880 bits per heavy atom. The standard InChI is InChI=1S/C20H15ClO3S/c1-13-6-9-15(10-7-13)25(22,23)20-16-4-2-3-5-18(16)24-19-11-8-14(21)12-17(19)20/h2-12,20H,1H3. The van der Waals surface area contributed by atoms with Crippen LogP contribution >= 0.6 is 11.6 Å². The SMILES string of the molecule is Cc1ccc(S(=O)(=O)C2c3ccccc3Oc3ccc(Cl)cc32)cc1. The highest BCUT2D eigenvalue weighted by atomic mass is 35.5. The van der Waals surface area contributed by atoms with E-state index in [0.717, 1.165) is 5.56 Å². The van der Waals surface area contributed by atoms with E-state index in [-0.39, 0.29) is 4.90 Å². The van der Waals surface area contributed by atoms with Crippen molar-refractivity contribution in [1.82, 2.24) is 0 Å². The molecular weight excluding hydrogens is 356 g/mol. The molecule has 1 aliphatic heterocycles. The Morgan fingerprint density at radius 2 is 1.56 bits per heavy atom. The molecule has 0 saturated heterocycles. The normalized spacial score (nSPS) is 15.8. The highest BCUT2D eigenvalue weighted by Crippen LogP contribution is 2.48. The Bertz CT molecular complexity index is 1060. The van der Waals surface area contributed by atoms with Crippen molar-refractivity contribution in [3.05, 3.63) is 88.4 Å². The Morgan fingerprint density at radius 3 is 2.32 bits per heavy atom. The van der Waals surface area contributed by atoms with Gasteiger partial charge in [0.25, 0.3) is 0 Å². The van der Waals surface area contributed by atoms with Crippen molar-refractivity contribution in [3.63, 3.8) is 0 Å². The van der Waals surface area contributed by atoms with Crippen molar-refractivity contribution in [1.29, 1.82) is 0 Å². The van der Waals surface area contributed by atoms with E-state index in [1.807, 2.05) is 19.1 Å². The Hall–Kier alpha value is -2.30. The van der Waals surface area contributed by atoms with Crippen molar-refractivity contribution in [2.45, 2.75) is 17.1 Å². The van der Waals surface area contributed by atoms with E-state index in [2.05, 4.69) is 0 Å². The number of halogens is 1. The molecule has 1 heterocycles. The van der Waals surface area contributed by atoms with E-state index >= 15 is 0 Å². The third-order valence-corrected chi connectivity index (χ3v) is 6.63. The number of fused-ring (bicyclic) bond motifs is 2. The van der Waals surface area contributed by atoms with E-state index in [1.54, 1.807) is 54.6 Å². The molecule has 1 unspecified atom stereocenters. The van der Waals surface area contributed by atoms with Gasteiger partial charge in [0.1, 0.15) is 16.7 Å². The van der Waals surface area contributed by atoms with Crippen LogP contribution in [0.25, 0.3) is 0 Å². The summed E-state index contributed by atoms with van der Waals surface area (Å²) in [6.07, 6.45) is 0. The number of rotatable bonds is 2. The number of benzene rings is 3. The summed E-state index contributed by atoms with van der Waals surface area (Å²) in [4.78, 5) is 0.283. The quantitative estimate of drug-likeness (QED) is 0.613. The lowest BCUT2D eigenvalue weighted by molar-refractivity contribution is 0.455. The summed E-state index contributed by atoms with van der Waals surface area (Å²) in [5.74, 6) is 1.07. The molecule has 0 amide bonds. The van der Waals surface area contributed by atoms with Gasteiger partial charge in [0, 0.05) is 16.1 Å². The fourth-order valence-corrected chi connectivity index (χ4v) is 5.11. The van der Waals surface area contributed by atoms with Crippen LogP contribution in [0.1, 0.15) is 21.9 Å². The van der Waals surface area contributed by atoms with Crippen LogP contribution in [0.5, 0.6) is 11.5 Å².